The van der Waals surface area contributed by atoms with Crippen LogP contribution in [0.4, 0.5) is 0 Å². The van der Waals surface area contributed by atoms with Crippen molar-refractivity contribution in [1.29, 1.82) is 0 Å². The van der Waals surface area contributed by atoms with Gasteiger partial charge in [-0.25, -0.2) is 0 Å². The van der Waals surface area contributed by atoms with E-state index in [4.69, 9.17) is 0 Å². The van der Waals surface area contributed by atoms with E-state index in [1.54, 1.807) is 0 Å². The molecule has 0 aromatic carbocycles. The molecule has 1 N–H and O–H groups in total. The molecule has 5 rings (SSSR count). The fraction of sp³-hybridized carbons (Fsp3) is 0.789. The smallest absolute Gasteiger partial charge is 0.289 e. The van der Waals surface area contributed by atoms with E-state index in [1.807, 2.05) is 9.47 Å². The number of hydrogen-bond acceptors (Lipinski definition) is 5. The van der Waals surface area contributed by atoms with Gasteiger partial charge in [0, 0.05) is 38.6 Å². The molecular weight excluding hydrogens is 344 g/mol. The standard InChI is InChI=1S/C19H28N6O2/c1-23-10-11-25-15(16(26)20-12-13-2-3-13)21-22-18(25)19(23)6-8-24(9-7-19)17(27)14-4-5-14/h13-14H,2-12H2,1H3,(H,20,26). The molecule has 0 unspecified atom stereocenters. The molecule has 2 aliphatic carbocycles. The van der Waals surface area contributed by atoms with Crippen molar-refractivity contribution >= 4 is 11.8 Å². The van der Waals surface area contributed by atoms with Crippen molar-refractivity contribution in [3.05, 3.63) is 11.6 Å². The van der Waals surface area contributed by atoms with Crippen LogP contribution in [0, 0.1) is 11.8 Å². The Morgan fingerprint density at radius 1 is 1.07 bits per heavy atom. The highest BCUT2D eigenvalue weighted by atomic mass is 16.2. The molecular formula is C19H28N6O2. The first-order chi connectivity index (χ1) is 13.1. The molecule has 2 aliphatic heterocycles. The summed E-state index contributed by atoms with van der Waals surface area (Å²) in [4.78, 5) is 29.4. The highest BCUT2D eigenvalue weighted by Crippen LogP contribution is 2.41. The lowest BCUT2D eigenvalue weighted by Gasteiger charge is -2.49. The Balaban J connectivity index is 1.35. The Morgan fingerprint density at radius 3 is 2.48 bits per heavy atom. The Morgan fingerprint density at radius 2 is 1.81 bits per heavy atom. The summed E-state index contributed by atoms with van der Waals surface area (Å²) in [6, 6.07) is 0. The van der Waals surface area contributed by atoms with Gasteiger partial charge < -0.3 is 14.8 Å². The number of aromatic nitrogens is 3. The van der Waals surface area contributed by atoms with Crippen LogP contribution in [0.25, 0.3) is 0 Å². The molecule has 3 fully saturated rings. The first-order valence-electron chi connectivity index (χ1n) is 10.3. The van der Waals surface area contributed by atoms with E-state index in [9.17, 15) is 9.59 Å². The van der Waals surface area contributed by atoms with Gasteiger partial charge in [-0.2, -0.15) is 0 Å². The summed E-state index contributed by atoms with van der Waals surface area (Å²) in [5.74, 6) is 2.46. The molecule has 2 saturated carbocycles. The Labute approximate surface area is 159 Å². The zero-order valence-corrected chi connectivity index (χ0v) is 16.0. The molecule has 8 nitrogen and oxygen atoms in total. The molecule has 146 valence electrons. The average Bonchev–Trinajstić information content (AvgIpc) is 3.60. The first-order valence-corrected chi connectivity index (χ1v) is 10.3. The van der Waals surface area contributed by atoms with E-state index >= 15 is 0 Å². The van der Waals surface area contributed by atoms with E-state index in [0.717, 1.165) is 64.2 Å². The molecule has 0 bridgehead atoms. The van der Waals surface area contributed by atoms with E-state index in [-0.39, 0.29) is 17.4 Å². The summed E-state index contributed by atoms with van der Waals surface area (Å²) in [5, 5.41) is 11.8. The van der Waals surface area contributed by atoms with Crippen molar-refractivity contribution in [2.45, 2.75) is 50.6 Å². The average molecular weight is 372 g/mol. The van der Waals surface area contributed by atoms with Crippen molar-refractivity contribution < 1.29 is 9.59 Å². The van der Waals surface area contributed by atoms with E-state index in [2.05, 4.69) is 27.5 Å². The largest absolute Gasteiger partial charge is 0.349 e. The number of carbonyl (C=O) groups is 2. The maximum absolute atomic E-state index is 12.6. The number of fused-ring (bicyclic) bond motifs is 2. The highest BCUT2D eigenvalue weighted by Gasteiger charge is 2.48. The number of piperidine rings is 1. The van der Waals surface area contributed by atoms with Crippen LogP contribution in [0.2, 0.25) is 0 Å². The normalized spacial score (nSPS) is 24.7. The van der Waals surface area contributed by atoms with Gasteiger partial charge >= 0.3 is 0 Å². The van der Waals surface area contributed by atoms with E-state index < -0.39 is 0 Å². The minimum Gasteiger partial charge on any atom is -0.349 e. The third-order valence-corrected chi connectivity index (χ3v) is 6.84. The van der Waals surface area contributed by atoms with Crippen LogP contribution in [0.5, 0.6) is 0 Å². The lowest BCUT2D eigenvalue weighted by atomic mass is 9.83. The second-order valence-electron chi connectivity index (χ2n) is 8.70. The lowest BCUT2D eigenvalue weighted by Crippen LogP contribution is -2.57. The molecule has 0 radical (unpaired) electrons. The summed E-state index contributed by atoms with van der Waals surface area (Å²) in [7, 11) is 2.13. The summed E-state index contributed by atoms with van der Waals surface area (Å²) in [5.41, 5.74) is -0.222. The maximum Gasteiger partial charge on any atom is 0.289 e. The van der Waals surface area contributed by atoms with Crippen LogP contribution >= 0.6 is 0 Å². The topological polar surface area (TPSA) is 83.4 Å². The monoisotopic (exact) mass is 372 g/mol. The van der Waals surface area contributed by atoms with Crippen LogP contribution in [-0.4, -0.2) is 69.6 Å². The fourth-order valence-corrected chi connectivity index (χ4v) is 4.59. The number of hydrogen-bond donors (Lipinski definition) is 1. The Bertz CT molecular complexity index is 758. The quantitative estimate of drug-likeness (QED) is 0.836. The van der Waals surface area contributed by atoms with Gasteiger partial charge in [-0.15, -0.1) is 10.2 Å². The van der Waals surface area contributed by atoms with Gasteiger partial charge in [0.15, 0.2) is 5.82 Å². The molecule has 8 heteroatoms. The maximum atomic E-state index is 12.6. The predicted octanol–water partition coefficient (Wildman–Crippen LogP) is 0.591. The van der Waals surface area contributed by atoms with Crippen molar-refractivity contribution in [2.75, 3.05) is 33.2 Å². The Hall–Kier alpha value is -1.96. The number of nitrogens with one attached hydrogen (secondary N) is 1. The molecule has 0 atom stereocenters. The number of carbonyl (C=O) groups excluding carboxylic acids is 2. The SMILES string of the molecule is CN1CCn2c(C(=O)NCC3CC3)nnc2C12CCN(C(=O)C1CC1)CC2. The number of nitrogens with zero attached hydrogens (tertiary/aromatic N) is 5. The van der Waals surface area contributed by atoms with Crippen LogP contribution in [-0.2, 0) is 16.9 Å². The number of likely N-dealkylation sites (tertiary alicyclic amines) is 1. The van der Waals surface area contributed by atoms with Crippen LogP contribution < -0.4 is 5.32 Å². The first kappa shape index (κ1) is 17.2. The number of likely N-dealkylation sites (N-methyl/N-ethyl adjacent to an activating group) is 1. The molecule has 27 heavy (non-hydrogen) atoms. The molecule has 2 amide bonds. The predicted molar refractivity (Wildman–Crippen MR) is 97.9 cm³/mol. The molecule has 1 saturated heterocycles. The van der Waals surface area contributed by atoms with Gasteiger partial charge in [-0.1, -0.05) is 0 Å². The van der Waals surface area contributed by atoms with E-state index in [1.165, 1.54) is 12.8 Å². The zero-order valence-electron chi connectivity index (χ0n) is 16.0. The van der Waals surface area contributed by atoms with Gasteiger partial charge in [-0.05, 0) is 51.5 Å². The van der Waals surface area contributed by atoms with Gasteiger partial charge in [0.25, 0.3) is 5.91 Å². The van der Waals surface area contributed by atoms with Gasteiger partial charge in [0.05, 0.1) is 5.54 Å². The fourth-order valence-electron chi connectivity index (χ4n) is 4.59. The number of rotatable bonds is 4. The summed E-state index contributed by atoms with van der Waals surface area (Å²) >= 11 is 0. The number of amides is 2. The summed E-state index contributed by atoms with van der Waals surface area (Å²) in [6.45, 7) is 3.86. The molecule has 1 aromatic heterocycles. The van der Waals surface area contributed by atoms with Crippen molar-refractivity contribution in [2.24, 2.45) is 11.8 Å². The lowest BCUT2D eigenvalue weighted by molar-refractivity contribution is -0.135. The molecule has 1 spiro atoms. The van der Waals surface area contributed by atoms with Crippen molar-refractivity contribution in [3.63, 3.8) is 0 Å². The molecule has 1 aromatic rings. The van der Waals surface area contributed by atoms with Crippen molar-refractivity contribution in [3.8, 4) is 0 Å². The summed E-state index contributed by atoms with van der Waals surface area (Å²) < 4.78 is 2.01. The van der Waals surface area contributed by atoms with E-state index in [0.29, 0.717) is 17.6 Å². The van der Waals surface area contributed by atoms with Crippen LogP contribution in [0.3, 0.4) is 0 Å². The third kappa shape index (κ3) is 2.94. The van der Waals surface area contributed by atoms with Gasteiger partial charge in [0.1, 0.15) is 0 Å². The third-order valence-electron chi connectivity index (χ3n) is 6.84. The minimum atomic E-state index is -0.222. The highest BCUT2D eigenvalue weighted by molar-refractivity contribution is 5.90. The second-order valence-corrected chi connectivity index (χ2v) is 8.70. The van der Waals surface area contributed by atoms with Crippen LogP contribution in [0.1, 0.15) is 55.0 Å². The second kappa shape index (κ2) is 6.29. The van der Waals surface area contributed by atoms with Crippen LogP contribution in [0.15, 0.2) is 0 Å². The molecule has 3 heterocycles. The van der Waals surface area contributed by atoms with Crippen molar-refractivity contribution in [1.82, 2.24) is 29.9 Å². The molecule has 4 aliphatic rings. The Kier molecular flexibility index (Phi) is 4.00. The van der Waals surface area contributed by atoms with Gasteiger partial charge in [0.2, 0.25) is 11.7 Å². The van der Waals surface area contributed by atoms with Gasteiger partial charge in [-0.3, -0.25) is 14.5 Å². The minimum absolute atomic E-state index is 0.110. The summed E-state index contributed by atoms with van der Waals surface area (Å²) in [6.07, 6.45) is 6.22. The zero-order chi connectivity index (χ0) is 18.6.